The van der Waals surface area contributed by atoms with Gasteiger partial charge in [0.2, 0.25) is 5.91 Å². The second-order valence-corrected chi connectivity index (χ2v) is 8.58. The number of nitrogens with zero attached hydrogens (tertiary/aromatic N) is 1. The smallest absolute Gasteiger partial charge is 0.294 e. The molecule has 2 aliphatic heterocycles. The number of rotatable bonds is 4. The predicted molar refractivity (Wildman–Crippen MR) is 93.9 cm³/mol. The van der Waals surface area contributed by atoms with Crippen LogP contribution in [0.5, 0.6) is 0 Å². The van der Waals surface area contributed by atoms with E-state index in [1.54, 1.807) is 6.07 Å². The summed E-state index contributed by atoms with van der Waals surface area (Å²) >= 11 is 0.653. The number of nitrogens with one attached hydrogen (secondary N) is 1. The van der Waals surface area contributed by atoms with Crippen molar-refractivity contribution in [1.82, 2.24) is 10.2 Å². The second-order valence-electron chi connectivity index (χ2n) is 5.65. The largest absolute Gasteiger partial charge is 0.347 e. The van der Waals surface area contributed by atoms with Crippen molar-refractivity contribution in [2.75, 3.05) is 12.3 Å². The van der Waals surface area contributed by atoms with Crippen molar-refractivity contribution in [1.29, 1.82) is 0 Å². The Morgan fingerprint density at radius 1 is 1.38 bits per heavy atom. The van der Waals surface area contributed by atoms with Crippen molar-refractivity contribution >= 4 is 44.7 Å². The van der Waals surface area contributed by atoms with Crippen molar-refractivity contribution in [3.05, 3.63) is 52.0 Å². The minimum atomic E-state index is -3.32. The molecule has 136 valence electrons. The van der Waals surface area contributed by atoms with E-state index in [1.165, 1.54) is 30.4 Å². The van der Waals surface area contributed by atoms with Crippen LogP contribution >= 0.6 is 11.8 Å². The van der Waals surface area contributed by atoms with Gasteiger partial charge in [-0.1, -0.05) is 12.1 Å². The normalized spacial score (nSPS) is 23.0. The molecule has 3 amide bonds. The standard InChI is InChI=1S/C16H13FN2O5S2/c17-11-3-1-2-10(6-11)7-13-15(21)19(16(22)25-13)8-14(20)18-12-4-5-26(23,24)9-12/h1-7,12H,8-9H2,(H,18,20)/b13-7+/t12-/m0/s1. The van der Waals surface area contributed by atoms with Crippen LogP contribution in [0.2, 0.25) is 0 Å². The van der Waals surface area contributed by atoms with E-state index in [0.717, 1.165) is 10.3 Å². The summed E-state index contributed by atoms with van der Waals surface area (Å²) in [6.45, 7) is -0.518. The van der Waals surface area contributed by atoms with E-state index >= 15 is 0 Å². The van der Waals surface area contributed by atoms with Crippen LogP contribution < -0.4 is 5.32 Å². The lowest BCUT2D eigenvalue weighted by Gasteiger charge is -2.14. The molecule has 0 saturated carbocycles. The Balaban J connectivity index is 1.66. The highest BCUT2D eigenvalue weighted by Crippen LogP contribution is 2.32. The third-order valence-corrected chi connectivity index (χ3v) is 5.90. The minimum Gasteiger partial charge on any atom is -0.347 e. The van der Waals surface area contributed by atoms with E-state index in [4.69, 9.17) is 0 Å². The monoisotopic (exact) mass is 396 g/mol. The van der Waals surface area contributed by atoms with Crippen LogP contribution in [0.25, 0.3) is 6.08 Å². The van der Waals surface area contributed by atoms with E-state index in [2.05, 4.69) is 5.32 Å². The van der Waals surface area contributed by atoms with Gasteiger partial charge in [-0.25, -0.2) is 12.8 Å². The van der Waals surface area contributed by atoms with Gasteiger partial charge in [0.25, 0.3) is 11.1 Å². The summed E-state index contributed by atoms with van der Waals surface area (Å²) in [5, 5.41) is 2.84. The average molecular weight is 396 g/mol. The molecule has 1 saturated heterocycles. The molecule has 1 N–H and O–H groups in total. The molecule has 1 atom stereocenters. The molecule has 2 heterocycles. The van der Waals surface area contributed by atoms with Crippen LogP contribution in [0.15, 0.2) is 40.7 Å². The van der Waals surface area contributed by atoms with Gasteiger partial charge in [0.1, 0.15) is 12.4 Å². The number of hydrogen-bond acceptors (Lipinski definition) is 6. The summed E-state index contributed by atoms with van der Waals surface area (Å²) in [5.41, 5.74) is 0.418. The number of amides is 3. The molecule has 10 heteroatoms. The van der Waals surface area contributed by atoms with Gasteiger partial charge >= 0.3 is 0 Å². The quantitative estimate of drug-likeness (QED) is 0.770. The Labute approximate surface area is 152 Å². The Hall–Kier alpha value is -2.46. The molecule has 1 aromatic rings. The molecule has 1 aromatic carbocycles. The maximum Gasteiger partial charge on any atom is 0.294 e. The fourth-order valence-corrected chi connectivity index (χ4v) is 4.52. The molecule has 26 heavy (non-hydrogen) atoms. The number of sulfone groups is 1. The number of thioether (sulfide) groups is 1. The molecular weight excluding hydrogens is 383 g/mol. The summed E-state index contributed by atoms with van der Waals surface area (Å²) in [7, 11) is -3.32. The van der Waals surface area contributed by atoms with Crippen LogP contribution in [0, 0.1) is 5.82 Å². The maximum absolute atomic E-state index is 13.2. The maximum atomic E-state index is 13.2. The molecule has 0 aliphatic carbocycles. The lowest BCUT2D eigenvalue weighted by atomic mass is 10.2. The number of halogens is 1. The Bertz CT molecular complexity index is 955. The lowest BCUT2D eigenvalue weighted by molar-refractivity contribution is -0.129. The Morgan fingerprint density at radius 2 is 2.15 bits per heavy atom. The van der Waals surface area contributed by atoms with Crippen molar-refractivity contribution in [2.24, 2.45) is 0 Å². The number of hydrogen-bond donors (Lipinski definition) is 1. The first-order valence-electron chi connectivity index (χ1n) is 7.45. The fraction of sp³-hybridized carbons (Fsp3) is 0.188. The van der Waals surface area contributed by atoms with Gasteiger partial charge in [0.15, 0.2) is 9.84 Å². The zero-order valence-corrected chi connectivity index (χ0v) is 14.8. The van der Waals surface area contributed by atoms with Crippen LogP contribution in [0.3, 0.4) is 0 Å². The highest BCUT2D eigenvalue weighted by atomic mass is 32.2. The summed E-state index contributed by atoms with van der Waals surface area (Å²) in [6.07, 6.45) is 2.71. The van der Waals surface area contributed by atoms with E-state index in [1.807, 2.05) is 0 Å². The molecule has 0 aromatic heterocycles. The molecule has 2 aliphatic rings. The van der Waals surface area contributed by atoms with Gasteiger partial charge in [-0.05, 0) is 41.6 Å². The average Bonchev–Trinajstić information content (AvgIpc) is 3.01. The van der Waals surface area contributed by atoms with Crippen molar-refractivity contribution < 1.29 is 27.2 Å². The topological polar surface area (TPSA) is 101 Å². The zero-order valence-electron chi connectivity index (χ0n) is 13.2. The summed E-state index contributed by atoms with van der Waals surface area (Å²) < 4.78 is 35.8. The highest BCUT2D eigenvalue weighted by Gasteiger charge is 2.36. The van der Waals surface area contributed by atoms with Gasteiger partial charge in [-0.2, -0.15) is 0 Å². The van der Waals surface area contributed by atoms with Gasteiger partial charge in [0.05, 0.1) is 16.7 Å². The highest BCUT2D eigenvalue weighted by molar-refractivity contribution is 8.18. The van der Waals surface area contributed by atoms with Crippen molar-refractivity contribution in [3.8, 4) is 0 Å². The summed E-state index contributed by atoms with van der Waals surface area (Å²) in [4.78, 5) is 37.1. The Kier molecular flexibility index (Phi) is 4.97. The predicted octanol–water partition coefficient (Wildman–Crippen LogP) is 1.29. The Morgan fingerprint density at radius 3 is 2.81 bits per heavy atom. The number of carbonyl (C=O) groups is 3. The first-order valence-corrected chi connectivity index (χ1v) is 9.98. The van der Waals surface area contributed by atoms with Gasteiger partial charge in [-0.15, -0.1) is 0 Å². The van der Waals surface area contributed by atoms with Crippen molar-refractivity contribution in [3.63, 3.8) is 0 Å². The van der Waals surface area contributed by atoms with E-state index in [9.17, 15) is 27.2 Å². The van der Waals surface area contributed by atoms with Crippen LogP contribution in [-0.2, 0) is 19.4 Å². The first kappa shape index (κ1) is 18.3. The van der Waals surface area contributed by atoms with Crippen LogP contribution in [0.4, 0.5) is 9.18 Å². The van der Waals surface area contributed by atoms with Gasteiger partial charge in [-0.3, -0.25) is 19.3 Å². The SMILES string of the molecule is O=C(CN1C(=O)S/C(=C/c2cccc(F)c2)C1=O)N[C@H]1C=CS(=O)(=O)C1. The van der Waals surface area contributed by atoms with Gasteiger partial charge < -0.3 is 5.32 Å². The van der Waals surface area contributed by atoms with Crippen LogP contribution in [0.1, 0.15) is 5.56 Å². The molecular formula is C16H13FN2O5S2. The lowest BCUT2D eigenvalue weighted by Crippen LogP contribution is -2.43. The molecule has 3 rings (SSSR count). The second kappa shape index (κ2) is 7.04. The zero-order chi connectivity index (χ0) is 18.9. The third kappa shape index (κ3) is 4.20. The number of imide groups is 1. The van der Waals surface area contributed by atoms with E-state index in [-0.39, 0.29) is 10.7 Å². The van der Waals surface area contributed by atoms with Crippen LogP contribution in [-0.4, -0.2) is 48.7 Å². The number of carbonyl (C=O) groups excluding carboxylic acids is 3. The van der Waals surface area contributed by atoms with E-state index < -0.39 is 45.3 Å². The molecule has 0 bridgehead atoms. The summed E-state index contributed by atoms with van der Waals surface area (Å²) in [6, 6.07) is 4.84. The number of benzene rings is 1. The third-order valence-electron chi connectivity index (χ3n) is 3.60. The molecule has 0 radical (unpaired) electrons. The molecule has 7 nitrogen and oxygen atoms in total. The minimum absolute atomic E-state index is 0.0803. The molecule has 0 spiro atoms. The fourth-order valence-electron chi connectivity index (χ4n) is 2.45. The molecule has 1 fully saturated rings. The first-order chi connectivity index (χ1) is 12.2. The van der Waals surface area contributed by atoms with E-state index in [0.29, 0.717) is 17.3 Å². The van der Waals surface area contributed by atoms with Gasteiger partial charge in [0, 0.05) is 5.41 Å². The summed E-state index contributed by atoms with van der Waals surface area (Å²) in [5.74, 6) is -2.03. The molecule has 0 unspecified atom stereocenters. The van der Waals surface area contributed by atoms with Crippen molar-refractivity contribution in [2.45, 2.75) is 6.04 Å².